The van der Waals surface area contributed by atoms with E-state index in [4.69, 9.17) is 9.47 Å². The molecule has 1 aromatic carbocycles. The van der Waals surface area contributed by atoms with Crippen LogP contribution in [0.1, 0.15) is 59.1 Å². The summed E-state index contributed by atoms with van der Waals surface area (Å²) in [5.41, 5.74) is 2.49. The van der Waals surface area contributed by atoms with Crippen molar-refractivity contribution in [1.29, 1.82) is 0 Å². The molecule has 0 aliphatic carbocycles. The molecule has 0 saturated carbocycles. The molecule has 9 nitrogen and oxygen atoms in total. The molecule has 1 aliphatic heterocycles. The summed E-state index contributed by atoms with van der Waals surface area (Å²) < 4.78 is 10.6. The summed E-state index contributed by atoms with van der Waals surface area (Å²) in [6.45, 7) is 13.4. The van der Waals surface area contributed by atoms with Gasteiger partial charge in [-0.2, -0.15) is 0 Å². The Hall–Kier alpha value is -3.36. The molecule has 0 spiro atoms. The maximum Gasteiger partial charge on any atom is 0.437 e. The Morgan fingerprint density at radius 2 is 1.76 bits per heavy atom. The number of guanidine groups is 1. The third-order valence-electron chi connectivity index (χ3n) is 4.52. The maximum absolute atomic E-state index is 12.3. The molecule has 9 heteroatoms. The zero-order valence-corrected chi connectivity index (χ0v) is 20.4. The maximum atomic E-state index is 12.3. The predicted octanol–water partition coefficient (Wildman–Crippen LogP) is 4.47. The van der Waals surface area contributed by atoms with Crippen LogP contribution in [0.2, 0.25) is 0 Å². The first-order valence-electron chi connectivity index (χ1n) is 10.8. The lowest BCUT2D eigenvalue weighted by molar-refractivity contribution is -0.105. The van der Waals surface area contributed by atoms with Crippen LogP contribution in [0.5, 0.6) is 0 Å². The zero-order chi connectivity index (χ0) is 24.8. The lowest BCUT2D eigenvalue weighted by atomic mass is 9.97. The summed E-state index contributed by atoms with van der Waals surface area (Å²) >= 11 is 0. The van der Waals surface area contributed by atoms with Crippen molar-refractivity contribution in [2.75, 3.05) is 18.4 Å². The van der Waals surface area contributed by atoms with Gasteiger partial charge in [-0.1, -0.05) is 12.1 Å². The second-order valence-electron chi connectivity index (χ2n) is 9.76. The minimum atomic E-state index is -0.794. The normalized spacial score (nSPS) is 14.8. The Labute approximate surface area is 195 Å². The number of ether oxygens (including phenoxy) is 2. The molecule has 180 valence electrons. The van der Waals surface area contributed by atoms with Gasteiger partial charge in [0, 0.05) is 18.8 Å². The molecular weight excluding hydrogens is 424 g/mol. The van der Waals surface area contributed by atoms with Gasteiger partial charge in [0.05, 0.1) is 0 Å². The summed E-state index contributed by atoms with van der Waals surface area (Å²) in [6.07, 6.45) is 1.85. The van der Waals surface area contributed by atoms with Crippen LogP contribution in [0.4, 0.5) is 15.3 Å². The lowest BCUT2D eigenvalue weighted by Gasteiger charge is -2.30. The number of amides is 3. The molecule has 1 heterocycles. The fourth-order valence-corrected chi connectivity index (χ4v) is 3.16. The summed E-state index contributed by atoms with van der Waals surface area (Å²) in [5.74, 6) is 0.0792. The number of rotatable bonds is 3. The number of carbonyl (C=O) groups is 3. The largest absolute Gasteiger partial charge is 0.444 e. The van der Waals surface area contributed by atoms with Crippen molar-refractivity contribution in [3.8, 4) is 0 Å². The zero-order valence-electron chi connectivity index (χ0n) is 20.4. The number of hydrogen-bond donors (Lipinski definition) is 2. The van der Waals surface area contributed by atoms with Gasteiger partial charge < -0.3 is 19.7 Å². The molecule has 2 N–H and O–H groups in total. The second kappa shape index (κ2) is 10.5. The topological polar surface area (TPSA) is 109 Å². The van der Waals surface area contributed by atoms with Crippen molar-refractivity contribution in [3.63, 3.8) is 0 Å². The smallest absolute Gasteiger partial charge is 0.437 e. The van der Waals surface area contributed by atoms with Crippen LogP contribution in [-0.2, 0) is 14.3 Å². The lowest BCUT2D eigenvalue weighted by Crippen LogP contribution is -2.48. The Morgan fingerprint density at radius 3 is 2.27 bits per heavy atom. The molecule has 0 aromatic heterocycles. The number of hydrogen-bond acceptors (Lipinski definition) is 5. The van der Waals surface area contributed by atoms with Crippen molar-refractivity contribution in [1.82, 2.24) is 10.2 Å². The van der Waals surface area contributed by atoms with E-state index in [-0.39, 0.29) is 5.96 Å². The van der Waals surface area contributed by atoms with Crippen LogP contribution in [-0.4, -0.2) is 53.7 Å². The average Bonchev–Trinajstić information content (AvgIpc) is 2.66. The van der Waals surface area contributed by atoms with E-state index in [1.54, 1.807) is 46.4 Å². The fraction of sp³-hybridized carbons (Fsp3) is 0.500. The van der Waals surface area contributed by atoms with E-state index in [0.717, 1.165) is 22.4 Å². The third kappa shape index (κ3) is 8.59. The van der Waals surface area contributed by atoms with E-state index in [1.165, 1.54) is 0 Å². The summed E-state index contributed by atoms with van der Waals surface area (Å²) in [6, 6.07) is 5.84. The monoisotopic (exact) mass is 458 g/mol. The Balaban J connectivity index is 2.21. The van der Waals surface area contributed by atoms with E-state index in [2.05, 4.69) is 15.6 Å². The highest BCUT2D eigenvalue weighted by molar-refractivity contribution is 5.99. The van der Waals surface area contributed by atoms with Crippen LogP contribution < -0.4 is 10.6 Å². The van der Waals surface area contributed by atoms with Crippen LogP contribution in [0.15, 0.2) is 29.3 Å². The highest BCUT2D eigenvalue weighted by Gasteiger charge is 2.24. The van der Waals surface area contributed by atoms with E-state index in [0.29, 0.717) is 25.9 Å². The molecule has 0 radical (unpaired) electrons. The van der Waals surface area contributed by atoms with Gasteiger partial charge in [0.2, 0.25) is 12.4 Å². The van der Waals surface area contributed by atoms with Gasteiger partial charge in [-0.25, -0.2) is 9.59 Å². The quantitative estimate of drug-likeness (QED) is 0.393. The molecule has 33 heavy (non-hydrogen) atoms. The Bertz CT molecular complexity index is 955. The van der Waals surface area contributed by atoms with Gasteiger partial charge in [-0.3, -0.25) is 10.1 Å². The molecule has 0 saturated heterocycles. The van der Waals surface area contributed by atoms with Gasteiger partial charge in [0.15, 0.2) is 0 Å². The third-order valence-corrected chi connectivity index (χ3v) is 4.52. The van der Waals surface area contributed by atoms with E-state index in [1.807, 2.05) is 31.2 Å². The van der Waals surface area contributed by atoms with Gasteiger partial charge in [0.25, 0.3) is 0 Å². The van der Waals surface area contributed by atoms with Crippen molar-refractivity contribution >= 4 is 35.8 Å². The standard InChI is InChI=1S/C24H34N4O5/c1-16-14-18(8-9-19(16)25-15-29)17-10-12-28(13-11-17)20(26-21(30)32-23(2,3)4)27-22(31)33-24(5,6)7/h8-10,14-15H,11-13H2,1-7H3,(H,25,29)(H,26,27,30,31). The molecule has 1 aromatic rings. The minimum Gasteiger partial charge on any atom is -0.444 e. The number of benzene rings is 1. The van der Waals surface area contributed by atoms with Crippen LogP contribution >= 0.6 is 0 Å². The van der Waals surface area contributed by atoms with Crippen molar-refractivity contribution in [2.24, 2.45) is 4.99 Å². The van der Waals surface area contributed by atoms with Crippen LogP contribution in [0.3, 0.4) is 0 Å². The van der Waals surface area contributed by atoms with Gasteiger partial charge in [0.1, 0.15) is 11.2 Å². The Kier molecular flexibility index (Phi) is 8.24. The van der Waals surface area contributed by atoms with Gasteiger partial charge >= 0.3 is 12.2 Å². The number of anilines is 1. The van der Waals surface area contributed by atoms with E-state index in [9.17, 15) is 14.4 Å². The molecule has 0 atom stereocenters. The number of aryl methyl sites for hydroxylation is 1. The number of aliphatic imine (C=N–C) groups is 1. The second-order valence-corrected chi connectivity index (χ2v) is 9.76. The van der Waals surface area contributed by atoms with Crippen molar-refractivity contribution in [2.45, 2.75) is 66.1 Å². The molecule has 3 amide bonds. The molecule has 2 rings (SSSR count). The first-order valence-corrected chi connectivity index (χ1v) is 10.8. The summed E-state index contributed by atoms with van der Waals surface area (Å²) in [7, 11) is 0. The minimum absolute atomic E-state index is 0.0792. The molecular formula is C24H34N4O5. The van der Waals surface area contributed by atoms with E-state index >= 15 is 0 Å². The number of carbonyl (C=O) groups excluding carboxylic acids is 3. The number of nitrogens with zero attached hydrogens (tertiary/aromatic N) is 2. The highest BCUT2D eigenvalue weighted by Crippen LogP contribution is 2.26. The van der Waals surface area contributed by atoms with Gasteiger partial charge in [-0.05, 0) is 83.7 Å². The van der Waals surface area contributed by atoms with Crippen molar-refractivity contribution in [3.05, 3.63) is 35.4 Å². The summed E-state index contributed by atoms with van der Waals surface area (Å²) in [5, 5.41) is 5.27. The molecule has 0 fully saturated rings. The predicted molar refractivity (Wildman–Crippen MR) is 128 cm³/mol. The van der Waals surface area contributed by atoms with Gasteiger partial charge in [-0.15, -0.1) is 4.99 Å². The van der Waals surface area contributed by atoms with Crippen molar-refractivity contribution < 1.29 is 23.9 Å². The SMILES string of the molecule is Cc1cc(C2=CCN(/C(=N\C(=O)OC(C)(C)C)NC(=O)OC(C)(C)C)CC2)ccc1NC=O. The first kappa shape index (κ1) is 25.9. The van der Waals surface area contributed by atoms with Crippen LogP contribution in [0, 0.1) is 6.92 Å². The fourth-order valence-electron chi connectivity index (χ4n) is 3.16. The molecule has 0 unspecified atom stereocenters. The molecule has 0 bridgehead atoms. The summed E-state index contributed by atoms with van der Waals surface area (Å²) in [4.78, 5) is 41.2. The Morgan fingerprint density at radius 1 is 1.09 bits per heavy atom. The number of nitrogens with one attached hydrogen (secondary N) is 2. The number of alkyl carbamates (subject to hydrolysis) is 1. The average molecular weight is 459 g/mol. The van der Waals surface area contributed by atoms with E-state index < -0.39 is 23.4 Å². The highest BCUT2D eigenvalue weighted by atomic mass is 16.6. The first-order chi connectivity index (χ1) is 15.3. The molecule has 1 aliphatic rings. The van der Waals surface area contributed by atoms with Crippen LogP contribution in [0.25, 0.3) is 5.57 Å².